The van der Waals surface area contributed by atoms with Gasteiger partial charge in [-0.2, -0.15) is 0 Å². The molecule has 1 fully saturated rings. The molecule has 0 aromatic heterocycles. The van der Waals surface area contributed by atoms with Gasteiger partial charge in [0.05, 0.1) is 0 Å². The van der Waals surface area contributed by atoms with Crippen LogP contribution in [0.3, 0.4) is 0 Å². The maximum Gasteiger partial charge on any atom is 0.0402 e. The van der Waals surface area contributed by atoms with E-state index in [9.17, 15) is 0 Å². The third-order valence-corrected chi connectivity index (χ3v) is 3.76. The van der Waals surface area contributed by atoms with Gasteiger partial charge in [-0.1, -0.05) is 12.1 Å². The Morgan fingerprint density at radius 3 is 3.00 bits per heavy atom. The molecule has 0 unspecified atom stereocenters. The van der Waals surface area contributed by atoms with Crippen LogP contribution in [0.15, 0.2) is 18.2 Å². The van der Waals surface area contributed by atoms with Crippen LogP contribution in [0, 0.1) is 5.92 Å². The Morgan fingerprint density at radius 1 is 1.38 bits per heavy atom. The van der Waals surface area contributed by atoms with E-state index >= 15 is 0 Å². The van der Waals surface area contributed by atoms with E-state index in [2.05, 4.69) is 28.4 Å². The molecule has 0 spiro atoms. The second kappa shape index (κ2) is 4.10. The van der Waals surface area contributed by atoms with Crippen molar-refractivity contribution in [1.82, 2.24) is 5.32 Å². The number of hydrogen-bond acceptors (Lipinski definition) is 2. The third-order valence-electron chi connectivity index (χ3n) is 3.76. The molecular weight excluding hydrogens is 196 g/mol. The fraction of sp³-hybridized carbons (Fsp3) is 0.571. The number of rotatable bonds is 4. The van der Waals surface area contributed by atoms with Gasteiger partial charge in [-0.05, 0) is 49.4 Å². The quantitative estimate of drug-likeness (QED) is 0.830. The molecule has 0 saturated heterocycles. The summed E-state index contributed by atoms with van der Waals surface area (Å²) >= 11 is 0. The molecule has 1 aromatic rings. The fourth-order valence-corrected chi connectivity index (χ4v) is 2.73. The molecule has 86 valence electrons. The zero-order valence-electron chi connectivity index (χ0n) is 10.00. The molecule has 0 bridgehead atoms. The minimum Gasteiger partial charge on any atom is -0.371 e. The number of nitrogens with one attached hydrogen (secondary N) is 1. The summed E-state index contributed by atoms with van der Waals surface area (Å²) in [6.45, 7) is 3.52. The van der Waals surface area contributed by atoms with Crippen LogP contribution in [0.1, 0.15) is 24.0 Å². The van der Waals surface area contributed by atoms with Crippen LogP contribution in [0.25, 0.3) is 0 Å². The van der Waals surface area contributed by atoms with Crippen molar-refractivity contribution in [3.8, 4) is 0 Å². The molecule has 16 heavy (non-hydrogen) atoms. The summed E-state index contributed by atoms with van der Waals surface area (Å²) in [6, 6.07) is 6.76. The van der Waals surface area contributed by atoms with E-state index in [-0.39, 0.29) is 0 Å². The van der Waals surface area contributed by atoms with Crippen LogP contribution >= 0.6 is 0 Å². The lowest BCUT2D eigenvalue weighted by atomic mass is 10.1. The van der Waals surface area contributed by atoms with E-state index in [1.165, 1.54) is 43.6 Å². The van der Waals surface area contributed by atoms with Gasteiger partial charge < -0.3 is 10.2 Å². The second-order valence-electron chi connectivity index (χ2n) is 5.08. The Labute approximate surface area is 97.6 Å². The molecule has 3 rings (SSSR count). The van der Waals surface area contributed by atoms with Crippen LogP contribution in [0.5, 0.6) is 0 Å². The minimum atomic E-state index is 0.985. The molecule has 2 nitrogen and oxygen atoms in total. The van der Waals surface area contributed by atoms with Crippen molar-refractivity contribution in [1.29, 1.82) is 0 Å². The van der Waals surface area contributed by atoms with Crippen LogP contribution in [-0.2, 0) is 13.0 Å². The van der Waals surface area contributed by atoms with E-state index in [1.807, 2.05) is 7.05 Å². The van der Waals surface area contributed by atoms with E-state index in [0.717, 1.165) is 12.5 Å². The lowest BCUT2D eigenvalue weighted by Gasteiger charge is -2.19. The van der Waals surface area contributed by atoms with E-state index in [1.54, 1.807) is 5.56 Å². The molecule has 2 heteroatoms. The summed E-state index contributed by atoms with van der Waals surface area (Å²) in [7, 11) is 2.02. The zero-order chi connectivity index (χ0) is 11.0. The number of nitrogens with zero attached hydrogens (tertiary/aromatic N) is 1. The molecule has 2 aliphatic rings. The highest BCUT2D eigenvalue weighted by Crippen LogP contribution is 2.36. The van der Waals surface area contributed by atoms with Crippen LogP contribution in [0.2, 0.25) is 0 Å². The van der Waals surface area contributed by atoms with Crippen molar-refractivity contribution in [3.05, 3.63) is 29.3 Å². The van der Waals surface area contributed by atoms with E-state index in [0.29, 0.717) is 0 Å². The van der Waals surface area contributed by atoms with Gasteiger partial charge in [0.15, 0.2) is 0 Å². The summed E-state index contributed by atoms with van der Waals surface area (Å²) in [5.74, 6) is 0.985. The predicted molar refractivity (Wildman–Crippen MR) is 67.8 cm³/mol. The van der Waals surface area contributed by atoms with Gasteiger partial charge in [0, 0.05) is 25.3 Å². The predicted octanol–water partition coefficient (Wildman–Crippen LogP) is 2.18. The van der Waals surface area contributed by atoms with Crippen LogP contribution in [0.4, 0.5) is 5.69 Å². The first kappa shape index (κ1) is 10.2. The Balaban J connectivity index is 1.84. The Morgan fingerprint density at radius 2 is 2.25 bits per heavy atom. The monoisotopic (exact) mass is 216 g/mol. The van der Waals surface area contributed by atoms with Crippen molar-refractivity contribution < 1.29 is 0 Å². The molecule has 1 aliphatic carbocycles. The normalized spacial score (nSPS) is 18.9. The number of anilines is 1. The summed E-state index contributed by atoms with van der Waals surface area (Å²) < 4.78 is 0. The standard InChI is InChI=1S/C14H20N2/c1-15-9-12-3-2-4-14-13(12)7-8-16(14)10-11-5-6-11/h2-4,11,15H,5-10H2,1H3. The first-order valence-electron chi connectivity index (χ1n) is 6.39. The Kier molecular flexibility index (Phi) is 2.60. The van der Waals surface area contributed by atoms with Gasteiger partial charge in [0.1, 0.15) is 0 Å². The van der Waals surface area contributed by atoms with E-state index < -0.39 is 0 Å². The molecule has 0 atom stereocenters. The molecule has 0 radical (unpaired) electrons. The summed E-state index contributed by atoms with van der Waals surface area (Å²) in [6.07, 6.45) is 4.13. The highest BCUT2D eigenvalue weighted by molar-refractivity contribution is 5.61. The fourth-order valence-electron chi connectivity index (χ4n) is 2.73. The van der Waals surface area contributed by atoms with Crippen molar-refractivity contribution in [2.75, 3.05) is 25.0 Å². The number of fused-ring (bicyclic) bond motifs is 1. The molecular formula is C14H20N2. The largest absolute Gasteiger partial charge is 0.371 e. The van der Waals surface area contributed by atoms with Crippen molar-refractivity contribution >= 4 is 5.69 Å². The molecule has 0 amide bonds. The van der Waals surface area contributed by atoms with Crippen molar-refractivity contribution in [2.45, 2.75) is 25.8 Å². The van der Waals surface area contributed by atoms with Crippen molar-refractivity contribution in [3.63, 3.8) is 0 Å². The Hall–Kier alpha value is -1.02. The van der Waals surface area contributed by atoms with Gasteiger partial charge in [0.2, 0.25) is 0 Å². The molecule has 1 heterocycles. The minimum absolute atomic E-state index is 0.985. The van der Waals surface area contributed by atoms with Crippen molar-refractivity contribution in [2.24, 2.45) is 5.92 Å². The van der Waals surface area contributed by atoms with Crippen LogP contribution < -0.4 is 10.2 Å². The van der Waals surface area contributed by atoms with Gasteiger partial charge in [-0.15, -0.1) is 0 Å². The summed E-state index contributed by atoms with van der Waals surface area (Å²) in [5.41, 5.74) is 4.57. The maximum absolute atomic E-state index is 3.26. The van der Waals surface area contributed by atoms with Gasteiger partial charge in [-0.25, -0.2) is 0 Å². The maximum atomic E-state index is 3.26. The van der Waals surface area contributed by atoms with Gasteiger partial charge in [0.25, 0.3) is 0 Å². The molecule has 1 aromatic carbocycles. The topological polar surface area (TPSA) is 15.3 Å². The smallest absolute Gasteiger partial charge is 0.0402 e. The summed E-state index contributed by atoms with van der Waals surface area (Å²) in [4.78, 5) is 2.59. The average Bonchev–Trinajstić information content (AvgIpc) is 3.01. The Bertz CT molecular complexity index is 382. The first-order valence-corrected chi connectivity index (χ1v) is 6.39. The lowest BCUT2D eigenvalue weighted by molar-refractivity contribution is 0.746. The number of benzene rings is 1. The van der Waals surface area contributed by atoms with Crippen LogP contribution in [-0.4, -0.2) is 20.1 Å². The molecule has 1 saturated carbocycles. The second-order valence-corrected chi connectivity index (χ2v) is 5.08. The average molecular weight is 216 g/mol. The highest BCUT2D eigenvalue weighted by atomic mass is 15.2. The van der Waals surface area contributed by atoms with E-state index in [4.69, 9.17) is 0 Å². The zero-order valence-corrected chi connectivity index (χ0v) is 10.00. The van der Waals surface area contributed by atoms with Gasteiger partial charge in [-0.3, -0.25) is 0 Å². The summed E-state index contributed by atoms with van der Waals surface area (Å²) in [5, 5.41) is 3.26. The molecule has 1 N–H and O–H groups in total. The highest BCUT2D eigenvalue weighted by Gasteiger charge is 2.28. The SMILES string of the molecule is CNCc1cccc2c1CCN2CC1CC1. The molecule has 1 aliphatic heterocycles. The third kappa shape index (κ3) is 1.82. The first-order chi connectivity index (χ1) is 7.88. The van der Waals surface area contributed by atoms with Gasteiger partial charge >= 0.3 is 0 Å². The number of hydrogen-bond donors (Lipinski definition) is 1. The lowest BCUT2D eigenvalue weighted by Crippen LogP contribution is -2.22.